The molecule has 1 amide bonds. The SMILES string of the molecule is COc1ccc(C(=O)N(C)C2CCN(C)CC2)cc1Nc1ncc(C(F)(F)F)c(CCC2C[C@@]23CCCC3N(C)S(C)(=O)=O)n1. The number of aryl methyl sites for hydroxylation is 1. The van der Waals surface area contributed by atoms with E-state index in [9.17, 15) is 26.4 Å². The molecule has 45 heavy (non-hydrogen) atoms. The van der Waals surface area contributed by atoms with Crippen LogP contribution in [0.5, 0.6) is 5.75 Å². The Hall–Kier alpha value is -2.97. The van der Waals surface area contributed by atoms with Crippen molar-refractivity contribution in [2.75, 3.05) is 52.9 Å². The zero-order valence-electron chi connectivity index (χ0n) is 26.5. The van der Waals surface area contributed by atoms with Crippen molar-refractivity contribution in [1.29, 1.82) is 0 Å². The van der Waals surface area contributed by atoms with Gasteiger partial charge in [-0.15, -0.1) is 0 Å². The summed E-state index contributed by atoms with van der Waals surface area (Å²) in [5, 5.41) is 2.99. The number of alkyl halides is 3. The molecular formula is C31H43F3N6O4S. The van der Waals surface area contributed by atoms with Gasteiger partial charge in [-0.1, -0.05) is 6.42 Å². The molecule has 0 radical (unpaired) electrons. The summed E-state index contributed by atoms with van der Waals surface area (Å²) in [4.78, 5) is 25.6. The maximum Gasteiger partial charge on any atom is 0.419 e. The van der Waals surface area contributed by atoms with Crippen LogP contribution in [0.25, 0.3) is 0 Å². The monoisotopic (exact) mass is 652 g/mol. The fourth-order valence-corrected chi connectivity index (χ4v) is 8.16. The predicted molar refractivity (Wildman–Crippen MR) is 165 cm³/mol. The van der Waals surface area contributed by atoms with Crippen LogP contribution < -0.4 is 10.1 Å². The molecular weight excluding hydrogens is 609 g/mol. The molecule has 2 saturated carbocycles. The number of methoxy groups -OCH3 is 1. The van der Waals surface area contributed by atoms with Gasteiger partial charge in [0.2, 0.25) is 16.0 Å². The highest BCUT2D eigenvalue weighted by Gasteiger charge is 2.62. The molecule has 2 aromatic rings. The van der Waals surface area contributed by atoms with Crippen molar-refractivity contribution in [1.82, 2.24) is 24.1 Å². The molecule has 3 aliphatic rings. The van der Waals surface area contributed by atoms with E-state index >= 15 is 0 Å². The molecule has 5 rings (SSSR count). The number of likely N-dealkylation sites (tertiary alicyclic amines) is 1. The van der Waals surface area contributed by atoms with Gasteiger partial charge in [0.15, 0.2) is 0 Å². The van der Waals surface area contributed by atoms with Crippen LogP contribution in [-0.2, 0) is 22.6 Å². The van der Waals surface area contributed by atoms with Crippen molar-refractivity contribution in [2.45, 2.75) is 69.6 Å². The van der Waals surface area contributed by atoms with Crippen molar-refractivity contribution in [3.63, 3.8) is 0 Å². The van der Waals surface area contributed by atoms with Gasteiger partial charge in [0, 0.05) is 37.9 Å². The third-order valence-electron chi connectivity index (χ3n) is 10.2. The van der Waals surface area contributed by atoms with Gasteiger partial charge in [-0.25, -0.2) is 22.7 Å². The first kappa shape index (κ1) is 33.4. The lowest BCUT2D eigenvalue weighted by Gasteiger charge is -2.35. The number of amides is 1. The van der Waals surface area contributed by atoms with E-state index in [1.54, 1.807) is 37.2 Å². The lowest BCUT2D eigenvalue weighted by Crippen LogP contribution is -2.44. The lowest BCUT2D eigenvalue weighted by atomic mass is 9.94. The van der Waals surface area contributed by atoms with Gasteiger partial charge >= 0.3 is 6.18 Å². The van der Waals surface area contributed by atoms with Crippen LogP contribution >= 0.6 is 0 Å². The third-order valence-corrected chi connectivity index (χ3v) is 11.5. The van der Waals surface area contributed by atoms with E-state index in [2.05, 4.69) is 27.2 Å². The Morgan fingerprint density at radius 1 is 1.20 bits per heavy atom. The first-order valence-corrected chi connectivity index (χ1v) is 17.3. The second-order valence-electron chi connectivity index (χ2n) is 12.9. The Morgan fingerprint density at radius 3 is 2.56 bits per heavy atom. The highest BCUT2D eigenvalue weighted by atomic mass is 32.2. The Labute approximate surface area is 263 Å². The van der Waals surface area contributed by atoms with Gasteiger partial charge in [0.05, 0.1) is 30.3 Å². The first-order valence-electron chi connectivity index (χ1n) is 15.4. The van der Waals surface area contributed by atoms with E-state index in [0.717, 1.165) is 57.8 Å². The average molecular weight is 653 g/mol. The summed E-state index contributed by atoms with van der Waals surface area (Å²) in [7, 11) is 3.53. The number of halogens is 3. The molecule has 0 bridgehead atoms. The van der Waals surface area contributed by atoms with Crippen molar-refractivity contribution < 1.29 is 31.1 Å². The summed E-state index contributed by atoms with van der Waals surface area (Å²) in [6.07, 6.45) is 2.94. The molecule has 3 fully saturated rings. The van der Waals surface area contributed by atoms with Gasteiger partial charge in [-0.2, -0.15) is 13.2 Å². The molecule has 1 aromatic carbocycles. The topological polar surface area (TPSA) is 108 Å². The van der Waals surface area contributed by atoms with E-state index in [-0.39, 0.29) is 47.4 Å². The largest absolute Gasteiger partial charge is 0.495 e. The smallest absolute Gasteiger partial charge is 0.419 e. The number of hydrogen-bond donors (Lipinski definition) is 1. The van der Waals surface area contributed by atoms with Crippen molar-refractivity contribution in [3.05, 3.63) is 41.2 Å². The molecule has 10 nitrogen and oxygen atoms in total. The van der Waals surface area contributed by atoms with Crippen molar-refractivity contribution in [2.24, 2.45) is 11.3 Å². The summed E-state index contributed by atoms with van der Waals surface area (Å²) >= 11 is 0. The molecule has 2 unspecified atom stereocenters. The minimum absolute atomic E-state index is 0.0364. The summed E-state index contributed by atoms with van der Waals surface area (Å²) < 4.78 is 73.4. The number of ether oxygens (including phenoxy) is 1. The number of piperidine rings is 1. The second kappa shape index (κ2) is 12.7. The zero-order chi connectivity index (χ0) is 32.7. The van der Waals surface area contributed by atoms with Gasteiger partial charge < -0.3 is 19.9 Å². The summed E-state index contributed by atoms with van der Waals surface area (Å²) in [6, 6.07) is 4.90. The van der Waals surface area contributed by atoms with E-state index in [4.69, 9.17) is 4.74 Å². The van der Waals surface area contributed by atoms with E-state index in [1.165, 1.54) is 17.7 Å². The number of hydrogen-bond acceptors (Lipinski definition) is 8. The van der Waals surface area contributed by atoms with Gasteiger partial charge in [0.25, 0.3) is 5.91 Å². The molecule has 1 spiro atoms. The molecule has 1 aliphatic heterocycles. The lowest BCUT2D eigenvalue weighted by molar-refractivity contribution is -0.138. The van der Waals surface area contributed by atoms with Crippen molar-refractivity contribution >= 4 is 27.6 Å². The molecule has 3 atom stereocenters. The van der Waals surface area contributed by atoms with Gasteiger partial charge in [0.1, 0.15) is 5.75 Å². The average Bonchev–Trinajstić information content (AvgIpc) is 3.52. The summed E-state index contributed by atoms with van der Waals surface area (Å²) in [6.45, 7) is 1.82. The van der Waals surface area contributed by atoms with E-state index < -0.39 is 21.8 Å². The Kier molecular flexibility index (Phi) is 9.40. The zero-order valence-corrected chi connectivity index (χ0v) is 27.3. The number of rotatable bonds is 10. The maximum absolute atomic E-state index is 14.0. The molecule has 2 aliphatic carbocycles. The number of carbonyl (C=O) groups is 1. The Bertz CT molecular complexity index is 1520. The van der Waals surface area contributed by atoms with Crippen LogP contribution in [0.4, 0.5) is 24.8 Å². The number of anilines is 2. The minimum Gasteiger partial charge on any atom is -0.495 e. The van der Waals surface area contributed by atoms with Crippen LogP contribution in [-0.4, -0.2) is 98.1 Å². The number of aromatic nitrogens is 2. The number of nitrogens with zero attached hydrogens (tertiary/aromatic N) is 5. The van der Waals surface area contributed by atoms with Crippen LogP contribution in [0.3, 0.4) is 0 Å². The van der Waals surface area contributed by atoms with E-state index in [1.807, 2.05) is 0 Å². The molecule has 1 saturated heterocycles. The van der Waals surface area contributed by atoms with Crippen LogP contribution in [0.1, 0.15) is 66.6 Å². The fourth-order valence-electron chi connectivity index (χ4n) is 7.38. The first-order chi connectivity index (χ1) is 21.1. The fraction of sp³-hybridized carbons (Fsp3) is 0.645. The maximum atomic E-state index is 14.0. The molecule has 2 heterocycles. The summed E-state index contributed by atoms with van der Waals surface area (Å²) in [5.41, 5.74) is -0.428. The highest BCUT2D eigenvalue weighted by Crippen LogP contribution is 2.65. The quantitative estimate of drug-likeness (QED) is 0.390. The minimum atomic E-state index is -4.63. The normalized spacial score (nSPS) is 24.3. The second-order valence-corrected chi connectivity index (χ2v) is 14.9. The summed E-state index contributed by atoms with van der Waals surface area (Å²) in [5.74, 6) is 0.312. The molecule has 14 heteroatoms. The Balaban J connectivity index is 1.34. The predicted octanol–water partition coefficient (Wildman–Crippen LogP) is 4.80. The van der Waals surface area contributed by atoms with Crippen molar-refractivity contribution in [3.8, 4) is 5.75 Å². The standard InChI is InChI=1S/C31H43F3N6O4S/c1-38-15-12-22(13-16-38)39(2)28(41)20-8-11-26(44-4)25(17-20)37-29-35-19-23(31(32,33)34)24(36-29)10-9-21-18-30(21)14-6-7-27(30)40(3)45(5,42)43/h8,11,17,19,21-22,27H,6-7,9-10,12-16,18H2,1-5H3,(H,35,36,37)/t21?,27?,30-/m0/s1. The number of carbonyl (C=O) groups excluding carboxylic acids is 1. The Morgan fingerprint density at radius 2 is 1.91 bits per heavy atom. The van der Waals surface area contributed by atoms with E-state index in [0.29, 0.717) is 23.4 Å². The molecule has 248 valence electrons. The molecule has 1 N–H and O–H groups in total. The highest BCUT2D eigenvalue weighted by molar-refractivity contribution is 7.88. The number of sulfonamides is 1. The van der Waals surface area contributed by atoms with Crippen LogP contribution in [0.2, 0.25) is 0 Å². The molecule has 1 aromatic heterocycles. The van der Waals surface area contributed by atoms with Crippen LogP contribution in [0, 0.1) is 11.3 Å². The third kappa shape index (κ3) is 7.07. The number of benzene rings is 1. The van der Waals surface area contributed by atoms with Gasteiger partial charge in [-0.05, 0) is 94.6 Å². The van der Waals surface area contributed by atoms with Crippen LogP contribution in [0.15, 0.2) is 24.4 Å². The van der Waals surface area contributed by atoms with Gasteiger partial charge in [-0.3, -0.25) is 4.79 Å². The number of nitrogens with one attached hydrogen (secondary N) is 1.